The lowest BCUT2D eigenvalue weighted by Crippen LogP contribution is -2.37. The van der Waals surface area contributed by atoms with Gasteiger partial charge >= 0.3 is 11.9 Å². The van der Waals surface area contributed by atoms with Gasteiger partial charge in [-0.25, -0.2) is 0 Å². The highest BCUT2D eigenvalue weighted by Gasteiger charge is 2.21. The van der Waals surface area contributed by atoms with Crippen LogP contribution in [0.3, 0.4) is 0 Å². The fourth-order valence-electron chi connectivity index (χ4n) is 5.54. The number of quaternary nitrogens is 1. The van der Waals surface area contributed by atoms with E-state index in [0.29, 0.717) is 17.4 Å². The number of hydrogen-bond acceptors (Lipinski definition) is 8. The molecule has 53 heavy (non-hydrogen) atoms. The zero-order valence-corrected chi connectivity index (χ0v) is 35.6. The predicted octanol–water partition coefficient (Wildman–Crippen LogP) is 11.1. The number of carbonyl (C=O) groups is 2. The summed E-state index contributed by atoms with van der Waals surface area (Å²) in [5, 5.41) is 0. The maximum atomic E-state index is 12.6. The molecule has 0 fully saturated rings. The maximum Gasteiger partial charge on any atom is 0.306 e. The van der Waals surface area contributed by atoms with Crippen LogP contribution in [0.15, 0.2) is 36.5 Å². The summed E-state index contributed by atoms with van der Waals surface area (Å²) >= 11 is 0. The number of ether oxygens (including phenoxy) is 2. The molecule has 9 nitrogen and oxygen atoms in total. The number of allylic oxidation sites excluding steroid dienone is 6. The van der Waals surface area contributed by atoms with Crippen LogP contribution in [0, 0.1) is 0 Å². The molecule has 1 unspecified atom stereocenters. The monoisotopic (exact) mass is 770 g/mol. The number of nitrogens with zero attached hydrogens (tertiary/aromatic N) is 1. The normalized spacial score (nSPS) is 14.0. The molecule has 0 saturated heterocycles. The number of unbranched alkanes of at least 4 members (excludes halogenated alkanes) is 18. The molecule has 10 heteroatoms. The van der Waals surface area contributed by atoms with E-state index in [-0.39, 0.29) is 26.1 Å². The third kappa shape index (κ3) is 39.7. The van der Waals surface area contributed by atoms with E-state index in [1.165, 1.54) is 83.5 Å². The van der Waals surface area contributed by atoms with Gasteiger partial charge in [-0.15, -0.1) is 0 Å². The second-order valence-corrected chi connectivity index (χ2v) is 16.8. The van der Waals surface area contributed by atoms with Gasteiger partial charge in [0.1, 0.15) is 19.8 Å². The molecule has 0 aromatic rings. The topological polar surface area (TPSA) is 111 Å². The molecule has 0 aliphatic carbocycles. The van der Waals surface area contributed by atoms with Crippen LogP contribution in [0.25, 0.3) is 0 Å². The molecule has 0 heterocycles. The van der Waals surface area contributed by atoms with E-state index < -0.39 is 32.5 Å². The van der Waals surface area contributed by atoms with Crippen LogP contribution >= 0.6 is 7.82 Å². The van der Waals surface area contributed by atoms with Crippen LogP contribution in [0.2, 0.25) is 0 Å². The lowest BCUT2D eigenvalue weighted by Gasteiger charge is -2.28. The first kappa shape index (κ1) is 51.2. The Hall–Kier alpha value is -1.77. The second-order valence-electron chi connectivity index (χ2n) is 15.4. The molecule has 0 aromatic carbocycles. The largest absolute Gasteiger partial charge is 0.756 e. The minimum Gasteiger partial charge on any atom is -0.756 e. The first-order chi connectivity index (χ1) is 25.5. The Morgan fingerprint density at radius 3 is 1.55 bits per heavy atom. The van der Waals surface area contributed by atoms with Gasteiger partial charge in [-0.2, -0.15) is 0 Å². The Morgan fingerprint density at radius 2 is 1.02 bits per heavy atom. The van der Waals surface area contributed by atoms with Gasteiger partial charge in [-0.3, -0.25) is 14.2 Å². The van der Waals surface area contributed by atoms with Gasteiger partial charge < -0.3 is 27.9 Å². The summed E-state index contributed by atoms with van der Waals surface area (Å²) in [6, 6.07) is 0. The minimum atomic E-state index is -4.63. The molecular formula is C43H80NO8P. The summed E-state index contributed by atoms with van der Waals surface area (Å²) in [6.45, 7) is 4.16. The molecule has 0 saturated carbocycles. The number of hydrogen-bond donors (Lipinski definition) is 0. The molecule has 2 atom stereocenters. The van der Waals surface area contributed by atoms with E-state index in [2.05, 4.69) is 50.3 Å². The van der Waals surface area contributed by atoms with Crippen LogP contribution in [0.4, 0.5) is 0 Å². The van der Waals surface area contributed by atoms with Gasteiger partial charge in [-0.1, -0.05) is 147 Å². The van der Waals surface area contributed by atoms with Gasteiger partial charge in [0.25, 0.3) is 7.82 Å². The van der Waals surface area contributed by atoms with Crippen molar-refractivity contribution < 1.29 is 42.1 Å². The Bertz CT molecular complexity index is 1010. The number of carbonyl (C=O) groups excluding carboxylic acids is 2. The Kier molecular flexibility index (Phi) is 34.7. The molecular weight excluding hydrogens is 689 g/mol. The lowest BCUT2D eigenvalue weighted by atomic mass is 10.0. The van der Waals surface area contributed by atoms with Crippen LogP contribution in [-0.4, -0.2) is 70.0 Å². The summed E-state index contributed by atoms with van der Waals surface area (Å²) in [5.41, 5.74) is 0. The molecule has 0 aliphatic heterocycles. The molecule has 0 amide bonds. The number of esters is 2. The van der Waals surface area contributed by atoms with Crippen molar-refractivity contribution in [1.82, 2.24) is 0 Å². The van der Waals surface area contributed by atoms with E-state index in [4.69, 9.17) is 18.5 Å². The smallest absolute Gasteiger partial charge is 0.306 e. The Balaban J connectivity index is 4.43. The molecule has 0 radical (unpaired) electrons. The summed E-state index contributed by atoms with van der Waals surface area (Å²) in [5.74, 6) is -0.859. The van der Waals surface area contributed by atoms with Crippen molar-refractivity contribution in [3.05, 3.63) is 36.5 Å². The first-order valence-corrected chi connectivity index (χ1v) is 22.7. The van der Waals surface area contributed by atoms with E-state index >= 15 is 0 Å². The highest BCUT2D eigenvalue weighted by atomic mass is 31.2. The van der Waals surface area contributed by atoms with E-state index in [1.54, 1.807) is 0 Å². The molecule has 0 aliphatic rings. The van der Waals surface area contributed by atoms with Crippen molar-refractivity contribution >= 4 is 19.8 Å². The minimum absolute atomic E-state index is 0.0350. The molecule has 310 valence electrons. The summed E-state index contributed by atoms with van der Waals surface area (Å²) in [7, 11) is 1.15. The highest BCUT2D eigenvalue weighted by molar-refractivity contribution is 7.45. The molecule has 0 bridgehead atoms. The van der Waals surface area contributed by atoms with Crippen molar-refractivity contribution in [1.29, 1.82) is 0 Å². The summed E-state index contributed by atoms with van der Waals surface area (Å²) in [6.07, 6.45) is 38.8. The van der Waals surface area contributed by atoms with Gasteiger partial charge in [0.15, 0.2) is 6.10 Å². The highest BCUT2D eigenvalue weighted by Crippen LogP contribution is 2.38. The average molecular weight is 770 g/mol. The number of likely N-dealkylation sites (N-methyl/N-ethyl adjacent to an activating group) is 1. The van der Waals surface area contributed by atoms with Crippen LogP contribution in [0.1, 0.15) is 174 Å². The Labute approximate surface area is 325 Å². The van der Waals surface area contributed by atoms with Crippen molar-refractivity contribution in [2.45, 2.75) is 180 Å². The zero-order chi connectivity index (χ0) is 39.3. The molecule has 0 rings (SSSR count). The van der Waals surface area contributed by atoms with E-state index in [0.717, 1.165) is 57.8 Å². The van der Waals surface area contributed by atoms with Crippen molar-refractivity contribution in [2.75, 3.05) is 47.5 Å². The Morgan fingerprint density at radius 1 is 0.585 bits per heavy atom. The molecule has 0 spiro atoms. The summed E-state index contributed by atoms with van der Waals surface area (Å²) < 4.78 is 33.8. The van der Waals surface area contributed by atoms with Crippen LogP contribution in [0.5, 0.6) is 0 Å². The molecule has 0 N–H and O–H groups in total. The standard InChI is InChI=1S/C43H80NO8P/c1-6-8-10-12-14-16-18-20-21-22-23-24-26-28-30-32-34-36-43(46)52-41(40-51-53(47,48)50-38-37-44(3,4)5)39-49-42(45)35-33-31-29-27-25-19-17-15-13-11-9-7-2/h14,16,20-21,23-24,41H,6-13,15,17-19,22,25-40H2,1-5H3/b16-14-,21-20-,24-23-/t41-/m1/s1. The van der Waals surface area contributed by atoms with Crippen molar-refractivity contribution in [2.24, 2.45) is 0 Å². The third-order valence-corrected chi connectivity index (χ3v) is 9.88. The van der Waals surface area contributed by atoms with Gasteiger partial charge in [0.05, 0.1) is 27.7 Å². The number of phosphoric ester groups is 1. The van der Waals surface area contributed by atoms with E-state index in [9.17, 15) is 19.0 Å². The maximum absolute atomic E-state index is 12.6. The quantitative estimate of drug-likeness (QED) is 0.0201. The lowest BCUT2D eigenvalue weighted by molar-refractivity contribution is -0.870. The average Bonchev–Trinajstić information content (AvgIpc) is 3.10. The van der Waals surface area contributed by atoms with Gasteiger partial charge in [0, 0.05) is 12.8 Å². The predicted molar refractivity (Wildman–Crippen MR) is 217 cm³/mol. The fraction of sp³-hybridized carbons (Fsp3) is 0.814. The number of rotatable bonds is 38. The second kappa shape index (κ2) is 35.9. The fourth-order valence-corrected chi connectivity index (χ4v) is 6.27. The third-order valence-electron chi connectivity index (χ3n) is 8.91. The molecule has 0 aromatic heterocycles. The van der Waals surface area contributed by atoms with Crippen LogP contribution < -0.4 is 4.89 Å². The zero-order valence-electron chi connectivity index (χ0n) is 34.7. The van der Waals surface area contributed by atoms with Gasteiger partial charge in [0.2, 0.25) is 0 Å². The SMILES string of the molecule is CCCCC/C=C\C/C=C\C/C=C\CCCCCCC(=O)O[C@H](COC(=O)CCCCCCCCCCCCCC)COP(=O)([O-])OCC[N+](C)(C)C. The number of phosphoric acid groups is 1. The van der Waals surface area contributed by atoms with Crippen molar-refractivity contribution in [3.8, 4) is 0 Å². The van der Waals surface area contributed by atoms with Gasteiger partial charge in [-0.05, 0) is 51.4 Å². The van der Waals surface area contributed by atoms with Crippen molar-refractivity contribution in [3.63, 3.8) is 0 Å². The first-order valence-electron chi connectivity index (χ1n) is 21.2. The van der Waals surface area contributed by atoms with E-state index in [1.807, 2.05) is 21.1 Å². The summed E-state index contributed by atoms with van der Waals surface area (Å²) in [4.78, 5) is 37.4. The van der Waals surface area contributed by atoms with Crippen LogP contribution in [-0.2, 0) is 32.7 Å².